The third-order valence-electron chi connectivity index (χ3n) is 5.33. The maximum Gasteiger partial charge on any atom is 0.227 e. The fourth-order valence-electron chi connectivity index (χ4n) is 3.89. The van der Waals surface area contributed by atoms with Crippen LogP contribution in [0, 0.1) is 0 Å². The number of aromatic nitrogens is 3. The van der Waals surface area contributed by atoms with Gasteiger partial charge in [0.25, 0.3) is 0 Å². The van der Waals surface area contributed by atoms with E-state index < -0.39 is 0 Å². The summed E-state index contributed by atoms with van der Waals surface area (Å²) in [5, 5.41) is 0. The fourth-order valence-corrected chi connectivity index (χ4v) is 3.89. The number of para-hydroxylation sites is 1. The second-order valence-corrected chi connectivity index (χ2v) is 6.91. The number of rotatable bonds is 3. The summed E-state index contributed by atoms with van der Waals surface area (Å²) >= 11 is 0. The molecule has 27 heavy (non-hydrogen) atoms. The number of nitrogens with zero attached hydrogens (tertiary/aromatic N) is 6. The van der Waals surface area contributed by atoms with Gasteiger partial charge in [-0.1, -0.05) is 24.3 Å². The molecule has 0 N–H and O–H groups in total. The van der Waals surface area contributed by atoms with Crippen LogP contribution in [0.2, 0.25) is 0 Å². The summed E-state index contributed by atoms with van der Waals surface area (Å²) in [6, 6.07) is 16.6. The largest absolute Gasteiger partial charge is 0.353 e. The molecule has 1 fully saturated rings. The molecule has 1 aromatic carbocycles. The number of fused-ring (bicyclic) bond motifs is 1. The van der Waals surface area contributed by atoms with Crippen molar-refractivity contribution in [2.24, 2.45) is 0 Å². The predicted molar refractivity (Wildman–Crippen MR) is 108 cm³/mol. The molecule has 0 aliphatic carbocycles. The molecule has 2 aliphatic heterocycles. The first-order valence-electron chi connectivity index (χ1n) is 9.48. The molecule has 6 nitrogen and oxygen atoms in total. The Morgan fingerprint density at radius 1 is 0.667 bits per heavy atom. The predicted octanol–water partition coefficient (Wildman–Crippen LogP) is 2.89. The van der Waals surface area contributed by atoms with Gasteiger partial charge >= 0.3 is 0 Å². The van der Waals surface area contributed by atoms with Crippen LogP contribution >= 0.6 is 0 Å². The van der Waals surface area contributed by atoms with Gasteiger partial charge in [-0.15, -0.1) is 0 Å². The first-order chi connectivity index (χ1) is 13.4. The molecule has 4 heterocycles. The lowest BCUT2D eigenvalue weighted by Crippen LogP contribution is -2.47. The van der Waals surface area contributed by atoms with E-state index >= 15 is 0 Å². The van der Waals surface area contributed by atoms with Crippen molar-refractivity contribution in [3.63, 3.8) is 0 Å². The highest BCUT2D eigenvalue weighted by atomic mass is 15.3. The molecule has 0 radical (unpaired) electrons. The lowest BCUT2D eigenvalue weighted by atomic mass is 10.2. The van der Waals surface area contributed by atoms with Crippen LogP contribution in [-0.4, -0.2) is 47.7 Å². The summed E-state index contributed by atoms with van der Waals surface area (Å²) in [5.74, 6) is 2.84. The van der Waals surface area contributed by atoms with E-state index in [0.29, 0.717) is 0 Å². The summed E-state index contributed by atoms with van der Waals surface area (Å²) in [6.45, 7) is 4.63. The number of benzene rings is 1. The molecular formula is C21H22N6. The Kier molecular flexibility index (Phi) is 4.08. The number of anilines is 4. The normalized spacial score (nSPS) is 16.5. The Balaban J connectivity index is 1.32. The van der Waals surface area contributed by atoms with Crippen LogP contribution in [0.15, 0.2) is 60.9 Å². The molecule has 0 saturated carbocycles. The van der Waals surface area contributed by atoms with Crippen molar-refractivity contribution in [2.75, 3.05) is 47.4 Å². The molecule has 6 heteroatoms. The maximum absolute atomic E-state index is 4.88. The monoisotopic (exact) mass is 358 g/mol. The Morgan fingerprint density at radius 3 is 2.33 bits per heavy atom. The standard InChI is InChI=1S/C21H22N6/c1-2-6-18-17(5-1)9-12-27(18)20-8-11-23-21(24-20)26-15-13-25(14-16-26)19-7-3-4-10-22-19/h1-8,10-11H,9,12-16H2. The quantitative estimate of drug-likeness (QED) is 0.718. The van der Waals surface area contributed by atoms with Gasteiger partial charge in [-0.3, -0.25) is 0 Å². The molecule has 0 atom stereocenters. The molecule has 2 aliphatic rings. The van der Waals surface area contributed by atoms with E-state index in [1.807, 2.05) is 30.6 Å². The second-order valence-electron chi connectivity index (χ2n) is 6.91. The van der Waals surface area contributed by atoms with Crippen LogP contribution in [0.3, 0.4) is 0 Å². The van der Waals surface area contributed by atoms with Gasteiger partial charge in [0, 0.05) is 50.8 Å². The van der Waals surface area contributed by atoms with Crippen LogP contribution in [-0.2, 0) is 6.42 Å². The third-order valence-corrected chi connectivity index (χ3v) is 5.33. The van der Waals surface area contributed by atoms with Gasteiger partial charge in [0.15, 0.2) is 0 Å². The summed E-state index contributed by atoms with van der Waals surface area (Å²) in [7, 11) is 0. The molecule has 0 bridgehead atoms. The highest BCUT2D eigenvalue weighted by Gasteiger charge is 2.23. The van der Waals surface area contributed by atoms with Crippen molar-refractivity contribution >= 4 is 23.3 Å². The molecule has 0 amide bonds. The molecule has 2 aromatic heterocycles. The molecule has 0 spiro atoms. The zero-order valence-electron chi connectivity index (χ0n) is 15.2. The molecule has 1 saturated heterocycles. The van der Waals surface area contributed by atoms with Gasteiger partial charge in [-0.05, 0) is 36.2 Å². The molecule has 0 unspecified atom stereocenters. The number of hydrogen-bond donors (Lipinski definition) is 0. The highest BCUT2D eigenvalue weighted by molar-refractivity contribution is 5.67. The Bertz CT molecular complexity index is 921. The number of pyridine rings is 1. The summed E-state index contributed by atoms with van der Waals surface area (Å²) < 4.78 is 0. The maximum atomic E-state index is 4.88. The second kappa shape index (κ2) is 6.87. The minimum Gasteiger partial charge on any atom is -0.353 e. The zero-order valence-corrected chi connectivity index (χ0v) is 15.2. The van der Waals surface area contributed by atoms with Crippen LogP contribution in [0.1, 0.15) is 5.56 Å². The van der Waals surface area contributed by atoms with Gasteiger partial charge < -0.3 is 14.7 Å². The third kappa shape index (κ3) is 3.07. The van der Waals surface area contributed by atoms with Gasteiger partial charge in [-0.2, -0.15) is 4.98 Å². The van der Waals surface area contributed by atoms with E-state index in [2.05, 4.69) is 55.0 Å². The van der Waals surface area contributed by atoms with Crippen LogP contribution in [0.5, 0.6) is 0 Å². The molecule has 3 aromatic rings. The smallest absolute Gasteiger partial charge is 0.227 e. The molecular weight excluding hydrogens is 336 g/mol. The van der Waals surface area contributed by atoms with Crippen LogP contribution in [0.4, 0.5) is 23.3 Å². The van der Waals surface area contributed by atoms with Crippen molar-refractivity contribution in [1.82, 2.24) is 15.0 Å². The number of piperazine rings is 1. The van der Waals surface area contributed by atoms with Crippen molar-refractivity contribution in [1.29, 1.82) is 0 Å². The first kappa shape index (κ1) is 16.1. The zero-order chi connectivity index (χ0) is 18.1. The van der Waals surface area contributed by atoms with E-state index in [9.17, 15) is 0 Å². The average Bonchev–Trinajstić information content (AvgIpc) is 3.19. The summed E-state index contributed by atoms with van der Waals surface area (Å²) in [6.07, 6.45) is 4.80. The van der Waals surface area contributed by atoms with E-state index in [1.54, 1.807) is 0 Å². The van der Waals surface area contributed by atoms with Gasteiger partial charge in [0.2, 0.25) is 5.95 Å². The highest BCUT2D eigenvalue weighted by Crippen LogP contribution is 2.33. The summed E-state index contributed by atoms with van der Waals surface area (Å²) in [5.41, 5.74) is 2.66. The topological polar surface area (TPSA) is 48.4 Å². The Labute approximate surface area is 159 Å². The van der Waals surface area contributed by atoms with Crippen molar-refractivity contribution in [2.45, 2.75) is 6.42 Å². The van der Waals surface area contributed by atoms with Gasteiger partial charge in [-0.25, -0.2) is 9.97 Å². The average molecular weight is 358 g/mol. The van der Waals surface area contributed by atoms with Crippen molar-refractivity contribution < 1.29 is 0 Å². The van der Waals surface area contributed by atoms with E-state index in [4.69, 9.17) is 4.98 Å². The van der Waals surface area contributed by atoms with Crippen molar-refractivity contribution in [3.8, 4) is 0 Å². The lowest BCUT2D eigenvalue weighted by Gasteiger charge is -2.35. The van der Waals surface area contributed by atoms with E-state index in [0.717, 1.165) is 56.7 Å². The minimum absolute atomic E-state index is 0.817. The first-order valence-corrected chi connectivity index (χ1v) is 9.48. The lowest BCUT2D eigenvalue weighted by molar-refractivity contribution is 0.634. The number of hydrogen-bond acceptors (Lipinski definition) is 6. The molecule has 136 valence electrons. The van der Waals surface area contributed by atoms with Gasteiger partial charge in [0.05, 0.1) is 0 Å². The SMILES string of the molecule is c1ccc(N2CCN(c3nccc(N4CCc5ccccc54)n3)CC2)nc1. The Morgan fingerprint density at radius 2 is 1.48 bits per heavy atom. The summed E-state index contributed by atoms with van der Waals surface area (Å²) in [4.78, 5) is 20.8. The van der Waals surface area contributed by atoms with E-state index in [1.165, 1.54) is 11.3 Å². The van der Waals surface area contributed by atoms with Crippen LogP contribution in [0.25, 0.3) is 0 Å². The van der Waals surface area contributed by atoms with Gasteiger partial charge in [0.1, 0.15) is 11.6 Å². The Hall–Kier alpha value is -3.15. The minimum atomic E-state index is 0.817. The molecule has 5 rings (SSSR count). The van der Waals surface area contributed by atoms with E-state index in [-0.39, 0.29) is 0 Å². The van der Waals surface area contributed by atoms with Crippen molar-refractivity contribution in [3.05, 3.63) is 66.5 Å². The fraction of sp³-hybridized carbons (Fsp3) is 0.286. The van der Waals surface area contributed by atoms with Crippen LogP contribution < -0.4 is 14.7 Å².